The first kappa shape index (κ1) is 12.4. The van der Waals surface area contributed by atoms with Crippen molar-refractivity contribution in [3.63, 3.8) is 0 Å². The van der Waals surface area contributed by atoms with Crippen LogP contribution in [-0.2, 0) is 11.2 Å². The molecule has 1 aliphatic heterocycles. The van der Waals surface area contributed by atoms with Crippen molar-refractivity contribution in [3.8, 4) is 0 Å². The maximum Gasteiger partial charge on any atom is 0.299 e. The van der Waals surface area contributed by atoms with Gasteiger partial charge in [0.15, 0.2) is 0 Å². The molecular formula is C14H10ClNO2S. The molecule has 0 radical (unpaired) electrons. The van der Waals surface area contributed by atoms with Gasteiger partial charge in [-0.15, -0.1) is 11.3 Å². The van der Waals surface area contributed by atoms with Crippen LogP contribution in [0, 0.1) is 0 Å². The van der Waals surface area contributed by atoms with Crippen molar-refractivity contribution in [1.82, 2.24) is 0 Å². The minimum atomic E-state index is -0.508. The van der Waals surface area contributed by atoms with Crippen LogP contribution in [0.15, 0.2) is 35.7 Å². The van der Waals surface area contributed by atoms with Crippen LogP contribution in [-0.4, -0.2) is 18.2 Å². The van der Waals surface area contributed by atoms with Gasteiger partial charge in [-0.05, 0) is 30.0 Å². The van der Waals surface area contributed by atoms with Gasteiger partial charge in [-0.1, -0.05) is 23.7 Å². The normalized spacial score (nSPS) is 14.1. The van der Waals surface area contributed by atoms with Gasteiger partial charge in [-0.3, -0.25) is 9.59 Å². The Kier molecular flexibility index (Phi) is 3.12. The predicted octanol–water partition coefficient (Wildman–Crippen LogP) is 3.17. The molecule has 3 rings (SSSR count). The number of amides is 1. The Bertz CT molecular complexity index is 651. The Morgan fingerprint density at radius 2 is 2.00 bits per heavy atom. The molecular weight excluding hydrogens is 282 g/mol. The molecule has 1 aromatic carbocycles. The summed E-state index contributed by atoms with van der Waals surface area (Å²) in [5, 5.41) is 2.34. The molecule has 0 saturated carbocycles. The highest BCUT2D eigenvalue weighted by atomic mass is 35.5. The fourth-order valence-electron chi connectivity index (χ4n) is 2.20. The zero-order valence-corrected chi connectivity index (χ0v) is 11.5. The van der Waals surface area contributed by atoms with Crippen LogP contribution >= 0.6 is 22.9 Å². The largest absolute Gasteiger partial charge is 0.304 e. The highest BCUT2D eigenvalue weighted by Gasteiger charge is 2.36. The molecule has 0 bridgehead atoms. The van der Waals surface area contributed by atoms with Crippen molar-refractivity contribution in [2.45, 2.75) is 6.42 Å². The standard InChI is InChI=1S/C14H10ClNO2S/c15-10-4-1-5-11-12(10)13(17)14(18)16(11)7-6-9-3-2-8-19-9/h1-5,8H,6-7H2. The topological polar surface area (TPSA) is 37.4 Å². The lowest BCUT2D eigenvalue weighted by Gasteiger charge is -2.15. The average molecular weight is 292 g/mol. The van der Waals surface area contributed by atoms with E-state index < -0.39 is 11.7 Å². The molecule has 5 heteroatoms. The number of thiophene rings is 1. The monoisotopic (exact) mass is 291 g/mol. The van der Waals surface area contributed by atoms with Crippen LogP contribution in [0.5, 0.6) is 0 Å². The molecule has 0 saturated heterocycles. The fraction of sp³-hybridized carbons (Fsp3) is 0.143. The number of fused-ring (bicyclic) bond motifs is 1. The van der Waals surface area contributed by atoms with Gasteiger partial charge in [0, 0.05) is 11.4 Å². The molecule has 96 valence electrons. The minimum absolute atomic E-state index is 0.334. The van der Waals surface area contributed by atoms with Crippen LogP contribution in [0.3, 0.4) is 0 Å². The summed E-state index contributed by atoms with van der Waals surface area (Å²) >= 11 is 7.64. The summed E-state index contributed by atoms with van der Waals surface area (Å²) < 4.78 is 0. The molecule has 2 aromatic rings. The lowest BCUT2D eigenvalue weighted by atomic mass is 10.1. The van der Waals surface area contributed by atoms with Crippen molar-refractivity contribution in [2.24, 2.45) is 0 Å². The summed E-state index contributed by atoms with van der Waals surface area (Å²) in [6.07, 6.45) is 0.739. The average Bonchev–Trinajstić information content (AvgIpc) is 2.98. The van der Waals surface area contributed by atoms with Crippen molar-refractivity contribution in [2.75, 3.05) is 11.4 Å². The Morgan fingerprint density at radius 1 is 1.16 bits per heavy atom. The number of carbonyl (C=O) groups excluding carboxylic acids is 2. The predicted molar refractivity (Wildman–Crippen MR) is 76.2 cm³/mol. The summed E-state index contributed by atoms with van der Waals surface area (Å²) in [5.74, 6) is -0.994. The summed E-state index contributed by atoms with van der Waals surface area (Å²) in [6.45, 7) is 0.498. The quantitative estimate of drug-likeness (QED) is 0.815. The number of rotatable bonds is 3. The molecule has 1 amide bonds. The van der Waals surface area contributed by atoms with Gasteiger partial charge in [0.25, 0.3) is 11.7 Å². The molecule has 2 heterocycles. The Balaban J connectivity index is 1.89. The lowest BCUT2D eigenvalue weighted by molar-refractivity contribution is -0.114. The van der Waals surface area contributed by atoms with Crippen LogP contribution in [0.2, 0.25) is 5.02 Å². The number of benzene rings is 1. The van der Waals surface area contributed by atoms with Gasteiger partial charge >= 0.3 is 0 Å². The number of nitrogens with zero attached hydrogens (tertiary/aromatic N) is 1. The second kappa shape index (κ2) is 4.79. The van der Waals surface area contributed by atoms with Gasteiger partial charge in [0.2, 0.25) is 0 Å². The van der Waals surface area contributed by atoms with E-state index in [2.05, 4.69) is 0 Å². The van der Waals surface area contributed by atoms with Crippen LogP contribution in [0.4, 0.5) is 5.69 Å². The van der Waals surface area contributed by atoms with Gasteiger partial charge in [-0.2, -0.15) is 0 Å². The van der Waals surface area contributed by atoms with Crippen molar-refractivity contribution in [1.29, 1.82) is 0 Å². The molecule has 0 atom stereocenters. The number of ketones is 1. The molecule has 0 aliphatic carbocycles. The molecule has 3 nitrogen and oxygen atoms in total. The maximum absolute atomic E-state index is 12.0. The first-order valence-corrected chi connectivity index (χ1v) is 7.11. The van der Waals surface area contributed by atoms with E-state index in [-0.39, 0.29) is 0 Å². The first-order chi connectivity index (χ1) is 9.18. The minimum Gasteiger partial charge on any atom is -0.304 e. The van der Waals surface area contributed by atoms with E-state index >= 15 is 0 Å². The molecule has 0 fully saturated rings. The van der Waals surface area contributed by atoms with Crippen LogP contribution < -0.4 is 4.90 Å². The van der Waals surface area contributed by atoms with Crippen LogP contribution in [0.1, 0.15) is 15.2 Å². The summed E-state index contributed by atoms with van der Waals surface area (Å²) in [5.41, 5.74) is 0.958. The summed E-state index contributed by atoms with van der Waals surface area (Å²) in [6, 6.07) is 9.14. The van der Waals surface area contributed by atoms with E-state index in [1.165, 1.54) is 9.78 Å². The van der Waals surface area contributed by atoms with Crippen molar-refractivity contribution >= 4 is 40.3 Å². The molecule has 1 aromatic heterocycles. The molecule has 0 unspecified atom stereocenters. The summed E-state index contributed by atoms with van der Waals surface area (Å²) in [7, 11) is 0. The third kappa shape index (κ3) is 2.07. The Morgan fingerprint density at radius 3 is 2.74 bits per heavy atom. The fourth-order valence-corrected chi connectivity index (χ4v) is 3.15. The van der Waals surface area contributed by atoms with E-state index in [9.17, 15) is 9.59 Å². The smallest absolute Gasteiger partial charge is 0.299 e. The van der Waals surface area contributed by atoms with Gasteiger partial charge < -0.3 is 4.90 Å². The van der Waals surface area contributed by atoms with Gasteiger partial charge in [0.05, 0.1) is 16.3 Å². The van der Waals surface area contributed by atoms with Gasteiger partial charge in [-0.25, -0.2) is 0 Å². The van der Waals surface area contributed by atoms with E-state index in [4.69, 9.17) is 11.6 Å². The molecule has 19 heavy (non-hydrogen) atoms. The number of hydrogen-bond donors (Lipinski definition) is 0. The second-order valence-electron chi connectivity index (χ2n) is 4.25. The second-order valence-corrected chi connectivity index (χ2v) is 5.69. The number of carbonyl (C=O) groups is 2. The zero-order chi connectivity index (χ0) is 13.4. The Labute approximate surface area is 119 Å². The number of anilines is 1. The first-order valence-electron chi connectivity index (χ1n) is 5.85. The number of hydrogen-bond acceptors (Lipinski definition) is 3. The third-order valence-electron chi connectivity index (χ3n) is 3.11. The summed E-state index contributed by atoms with van der Waals surface area (Å²) in [4.78, 5) is 26.6. The highest BCUT2D eigenvalue weighted by Crippen LogP contribution is 2.34. The number of halogens is 1. The lowest BCUT2D eigenvalue weighted by Crippen LogP contribution is -2.31. The molecule has 1 aliphatic rings. The third-order valence-corrected chi connectivity index (χ3v) is 4.36. The maximum atomic E-state index is 12.0. The van der Waals surface area contributed by atoms with Crippen molar-refractivity contribution in [3.05, 3.63) is 51.2 Å². The van der Waals surface area contributed by atoms with E-state index in [1.54, 1.807) is 29.5 Å². The SMILES string of the molecule is O=C1C(=O)N(CCc2cccs2)c2cccc(Cl)c21. The van der Waals surface area contributed by atoms with E-state index in [1.807, 2.05) is 17.5 Å². The van der Waals surface area contributed by atoms with E-state index in [0.29, 0.717) is 22.8 Å². The zero-order valence-electron chi connectivity index (χ0n) is 9.93. The molecule has 0 spiro atoms. The van der Waals surface area contributed by atoms with Gasteiger partial charge in [0.1, 0.15) is 0 Å². The van der Waals surface area contributed by atoms with Crippen molar-refractivity contribution < 1.29 is 9.59 Å². The Hall–Kier alpha value is -1.65. The molecule has 0 N–H and O–H groups in total. The number of Topliss-reactive ketones (excluding diaryl/α,β-unsaturated/α-hetero) is 1. The van der Waals surface area contributed by atoms with Crippen LogP contribution in [0.25, 0.3) is 0 Å². The highest BCUT2D eigenvalue weighted by molar-refractivity contribution is 7.09. The van der Waals surface area contributed by atoms with E-state index in [0.717, 1.165) is 6.42 Å².